The van der Waals surface area contributed by atoms with E-state index in [1.807, 2.05) is 11.9 Å². The van der Waals surface area contributed by atoms with E-state index in [1.54, 1.807) is 30.5 Å². The number of aliphatic carboxylic acids is 2. The first-order valence-electron chi connectivity index (χ1n) is 10.2. The van der Waals surface area contributed by atoms with E-state index in [-0.39, 0.29) is 89.3 Å². The first-order chi connectivity index (χ1) is 16.1. The number of benzene rings is 1. The van der Waals surface area contributed by atoms with Crippen LogP contribution in [0.15, 0.2) is 30.5 Å². The second kappa shape index (κ2) is 14.4. The van der Waals surface area contributed by atoms with E-state index < -0.39 is 23.9 Å². The quantitative estimate of drug-likeness (QED) is 0.217. The molecule has 2 aromatic heterocycles. The number of nitrogens with zero attached hydrogens (tertiary/aromatic N) is 5. The Hall–Kier alpha value is -2.39. The number of carbonyl (C=O) groups excluding carboxylic acids is 1. The number of rotatable bonds is 10. The van der Waals surface area contributed by atoms with Crippen LogP contribution in [0.2, 0.25) is 0 Å². The van der Waals surface area contributed by atoms with Gasteiger partial charge in [-0.25, -0.2) is 14.8 Å². The van der Waals surface area contributed by atoms with Crippen molar-refractivity contribution in [2.45, 2.75) is 32.0 Å². The van der Waals surface area contributed by atoms with Crippen molar-refractivity contribution in [2.75, 3.05) is 18.5 Å². The number of anilines is 2. The van der Waals surface area contributed by atoms with E-state index in [0.29, 0.717) is 29.9 Å². The normalized spacial score (nSPS) is 11.3. The SMILES string of the molecule is CN(Cc1ccc(C(=O)N[C@@H](CCC(=O)O)C(=O)O)cc1)Cc1cnc2nc(N)nc(N)c2n1.[Na].[Na]. The maximum Gasteiger partial charge on any atom is 0.326 e. The zero-order chi connectivity index (χ0) is 24.8. The average Bonchev–Trinajstić information content (AvgIpc) is 2.77. The maximum absolute atomic E-state index is 12.4. The van der Waals surface area contributed by atoms with Crippen molar-refractivity contribution >= 4 is 99.9 Å². The van der Waals surface area contributed by atoms with Crippen molar-refractivity contribution in [3.8, 4) is 0 Å². The van der Waals surface area contributed by atoms with Gasteiger partial charge in [-0.3, -0.25) is 14.5 Å². The smallest absolute Gasteiger partial charge is 0.326 e. The van der Waals surface area contributed by atoms with E-state index in [4.69, 9.17) is 16.6 Å². The number of hydrogen-bond donors (Lipinski definition) is 5. The summed E-state index contributed by atoms with van der Waals surface area (Å²) in [5.41, 5.74) is 14.0. The molecule has 0 aliphatic carbocycles. The number of nitrogen functional groups attached to an aromatic ring is 2. The minimum atomic E-state index is -1.29. The van der Waals surface area contributed by atoms with Crippen LogP contribution >= 0.6 is 0 Å². The molecule has 3 aromatic rings. The van der Waals surface area contributed by atoms with Crippen LogP contribution in [0.4, 0.5) is 11.8 Å². The Morgan fingerprint density at radius 1 is 1.03 bits per heavy atom. The van der Waals surface area contributed by atoms with Crippen LogP contribution in [0.25, 0.3) is 11.2 Å². The maximum atomic E-state index is 12.4. The Bertz CT molecular complexity index is 1230. The molecular weight excluding hydrogens is 490 g/mol. The second-order valence-electron chi connectivity index (χ2n) is 7.67. The summed E-state index contributed by atoms with van der Waals surface area (Å²) in [5.74, 6) is -2.84. The topological polar surface area (TPSA) is 211 Å². The Labute approximate surface area is 250 Å². The Morgan fingerprint density at radius 3 is 2.31 bits per heavy atom. The fraction of sp³-hybridized carbons (Fsp3) is 0.286. The van der Waals surface area contributed by atoms with Gasteiger partial charge >= 0.3 is 11.9 Å². The third-order valence-electron chi connectivity index (χ3n) is 4.85. The molecule has 1 amide bonds. The van der Waals surface area contributed by atoms with Crippen LogP contribution in [0, 0.1) is 0 Å². The summed E-state index contributed by atoms with van der Waals surface area (Å²) in [6, 6.07) is 5.37. The molecule has 13 nitrogen and oxygen atoms in total. The molecule has 0 spiro atoms. The van der Waals surface area contributed by atoms with Crippen molar-refractivity contribution in [1.82, 2.24) is 30.2 Å². The van der Waals surface area contributed by atoms with E-state index in [1.165, 1.54) is 0 Å². The van der Waals surface area contributed by atoms with Gasteiger partial charge in [0.2, 0.25) is 5.95 Å². The molecular formula is C21H24N8Na2O5. The predicted octanol–water partition coefficient (Wildman–Crippen LogP) is -0.498. The van der Waals surface area contributed by atoms with Crippen LogP contribution in [0.1, 0.15) is 34.5 Å². The molecule has 1 atom stereocenters. The fourth-order valence-corrected chi connectivity index (χ4v) is 3.23. The van der Waals surface area contributed by atoms with Crippen LogP contribution in [-0.2, 0) is 22.7 Å². The third kappa shape index (κ3) is 8.92. The number of aromatic nitrogens is 4. The van der Waals surface area contributed by atoms with E-state index in [2.05, 4.69) is 25.3 Å². The van der Waals surface area contributed by atoms with Gasteiger partial charge in [-0.2, -0.15) is 9.97 Å². The van der Waals surface area contributed by atoms with Crippen LogP contribution < -0.4 is 16.8 Å². The minimum absolute atomic E-state index is 0. The summed E-state index contributed by atoms with van der Waals surface area (Å²) in [7, 11) is 1.88. The standard InChI is InChI=1S/C21H24N8O5.2Na/c1-29(10-13-8-24-18-16(25-13)17(22)27-21(23)28-18)9-11-2-4-12(5-3-11)19(32)26-14(20(33)34)6-7-15(30)31;;/h2-5,8,14H,6-7,9-10H2,1H3,(H,26,32)(H,30,31)(H,33,34)(H4,22,23,24,27,28);;/t14-;;/m0../s1. The number of nitrogens with one attached hydrogen (secondary N) is 1. The number of fused-ring (bicyclic) bond motifs is 1. The van der Waals surface area contributed by atoms with Crippen LogP contribution in [0.3, 0.4) is 0 Å². The minimum Gasteiger partial charge on any atom is -0.481 e. The number of carboxylic acids is 2. The van der Waals surface area contributed by atoms with E-state index >= 15 is 0 Å². The molecule has 2 radical (unpaired) electrons. The van der Waals surface area contributed by atoms with Gasteiger partial charge in [-0.15, -0.1) is 0 Å². The molecule has 1 aromatic carbocycles. The number of amides is 1. The molecule has 7 N–H and O–H groups in total. The molecule has 3 rings (SSSR count). The zero-order valence-electron chi connectivity index (χ0n) is 20.3. The van der Waals surface area contributed by atoms with Gasteiger partial charge in [-0.05, 0) is 31.2 Å². The first kappa shape index (κ1) is 31.6. The summed E-state index contributed by atoms with van der Waals surface area (Å²) >= 11 is 0. The number of carboxylic acid groups (broad SMARTS) is 2. The van der Waals surface area contributed by atoms with Crippen molar-refractivity contribution < 1.29 is 24.6 Å². The van der Waals surface area contributed by atoms with Crippen LogP contribution in [-0.4, -0.2) is 125 Å². The van der Waals surface area contributed by atoms with Crippen molar-refractivity contribution in [1.29, 1.82) is 0 Å². The molecule has 0 unspecified atom stereocenters. The van der Waals surface area contributed by atoms with Gasteiger partial charge < -0.3 is 27.0 Å². The summed E-state index contributed by atoms with van der Waals surface area (Å²) in [6.07, 6.45) is 1.02. The largest absolute Gasteiger partial charge is 0.481 e. The molecule has 2 heterocycles. The molecule has 0 aliphatic heterocycles. The molecule has 36 heavy (non-hydrogen) atoms. The zero-order valence-corrected chi connectivity index (χ0v) is 24.3. The molecule has 0 fully saturated rings. The first-order valence-corrected chi connectivity index (χ1v) is 10.2. The summed E-state index contributed by atoms with van der Waals surface area (Å²) < 4.78 is 0. The summed E-state index contributed by atoms with van der Waals surface area (Å²) in [6.45, 7) is 0.991. The number of carbonyl (C=O) groups is 3. The van der Waals surface area contributed by atoms with Crippen molar-refractivity contribution in [3.05, 3.63) is 47.3 Å². The van der Waals surface area contributed by atoms with Crippen molar-refractivity contribution in [2.24, 2.45) is 0 Å². The summed E-state index contributed by atoms with van der Waals surface area (Å²) in [5, 5.41) is 20.3. The van der Waals surface area contributed by atoms with Gasteiger partial charge in [0.05, 0.1) is 11.9 Å². The molecule has 0 saturated heterocycles. The van der Waals surface area contributed by atoms with Gasteiger partial charge in [0.15, 0.2) is 17.0 Å². The van der Waals surface area contributed by atoms with E-state index in [0.717, 1.165) is 5.56 Å². The van der Waals surface area contributed by atoms with Gasteiger partial charge in [-0.1, -0.05) is 12.1 Å². The number of hydrogen-bond acceptors (Lipinski definition) is 10. The van der Waals surface area contributed by atoms with Crippen molar-refractivity contribution in [3.63, 3.8) is 0 Å². The monoisotopic (exact) mass is 514 g/mol. The predicted molar refractivity (Wildman–Crippen MR) is 133 cm³/mol. The van der Waals surface area contributed by atoms with Crippen LogP contribution in [0.5, 0.6) is 0 Å². The van der Waals surface area contributed by atoms with Gasteiger partial charge in [0.1, 0.15) is 6.04 Å². The number of nitrogens with two attached hydrogens (primary N) is 2. The Morgan fingerprint density at radius 2 is 1.69 bits per heavy atom. The molecule has 0 bridgehead atoms. The van der Waals surface area contributed by atoms with E-state index in [9.17, 15) is 19.5 Å². The van der Waals surface area contributed by atoms with Gasteiger partial charge in [0, 0.05) is 84.2 Å². The Balaban J connectivity index is 0.00000324. The average molecular weight is 514 g/mol. The molecule has 180 valence electrons. The Kier molecular flexibility index (Phi) is 12.6. The summed E-state index contributed by atoms with van der Waals surface area (Å²) in [4.78, 5) is 52.9. The molecule has 0 saturated carbocycles. The molecule has 0 aliphatic rings. The fourth-order valence-electron chi connectivity index (χ4n) is 3.23. The molecule has 15 heteroatoms. The van der Waals surface area contributed by atoms with Gasteiger partial charge in [0.25, 0.3) is 5.91 Å². The third-order valence-corrected chi connectivity index (χ3v) is 4.85. The second-order valence-corrected chi connectivity index (χ2v) is 7.67.